The van der Waals surface area contributed by atoms with E-state index in [-0.39, 0.29) is 5.92 Å². The van der Waals surface area contributed by atoms with Crippen molar-refractivity contribution in [2.24, 2.45) is 0 Å². The van der Waals surface area contributed by atoms with Crippen molar-refractivity contribution in [3.05, 3.63) is 5.82 Å². The highest BCUT2D eigenvalue weighted by atomic mass is 32.1. The Morgan fingerprint density at radius 3 is 2.59 bits per heavy atom. The number of aliphatic carboxylic acids is 1. The Balaban J connectivity index is 2.15. The van der Waals surface area contributed by atoms with E-state index in [1.165, 1.54) is 11.5 Å². The molecule has 17 heavy (non-hydrogen) atoms. The molecule has 1 fully saturated rings. The molecule has 94 valence electrons. The van der Waals surface area contributed by atoms with Gasteiger partial charge in [0.15, 0.2) is 0 Å². The van der Waals surface area contributed by atoms with Gasteiger partial charge in [0.2, 0.25) is 5.13 Å². The molecule has 1 aromatic rings. The van der Waals surface area contributed by atoms with E-state index < -0.39 is 11.5 Å². The van der Waals surface area contributed by atoms with Crippen LogP contribution in [0.5, 0.6) is 0 Å². The van der Waals surface area contributed by atoms with Crippen LogP contribution in [0.1, 0.15) is 51.3 Å². The Kier molecular flexibility index (Phi) is 3.33. The third-order valence-electron chi connectivity index (χ3n) is 3.17. The average molecular weight is 255 g/mol. The molecule has 1 aliphatic rings. The van der Waals surface area contributed by atoms with E-state index in [1.54, 1.807) is 0 Å². The van der Waals surface area contributed by atoms with Gasteiger partial charge < -0.3 is 10.4 Å². The smallest absolute Gasteiger partial charge is 0.329 e. The van der Waals surface area contributed by atoms with Gasteiger partial charge in [-0.05, 0) is 12.8 Å². The number of anilines is 1. The number of hydrogen-bond donors (Lipinski definition) is 2. The fourth-order valence-electron chi connectivity index (χ4n) is 2.10. The number of rotatable bonds is 4. The van der Waals surface area contributed by atoms with Gasteiger partial charge in [-0.1, -0.05) is 26.7 Å². The first kappa shape index (κ1) is 12.3. The summed E-state index contributed by atoms with van der Waals surface area (Å²) in [7, 11) is 0. The van der Waals surface area contributed by atoms with Crippen LogP contribution in [0.15, 0.2) is 0 Å². The van der Waals surface area contributed by atoms with Gasteiger partial charge in [0, 0.05) is 17.5 Å². The lowest BCUT2D eigenvalue weighted by molar-refractivity contribution is -0.142. The summed E-state index contributed by atoms with van der Waals surface area (Å²) in [5, 5.41) is 13.0. The van der Waals surface area contributed by atoms with Gasteiger partial charge in [-0.25, -0.2) is 9.78 Å². The molecule has 2 rings (SSSR count). The molecular weight excluding hydrogens is 238 g/mol. The molecule has 0 atom stereocenters. The lowest BCUT2D eigenvalue weighted by Crippen LogP contribution is -2.43. The highest BCUT2D eigenvalue weighted by molar-refractivity contribution is 7.09. The van der Waals surface area contributed by atoms with Gasteiger partial charge in [-0.2, -0.15) is 4.37 Å². The zero-order valence-corrected chi connectivity index (χ0v) is 10.9. The first-order valence-electron chi connectivity index (χ1n) is 5.89. The number of nitrogens with one attached hydrogen (secondary N) is 1. The van der Waals surface area contributed by atoms with Crippen LogP contribution in [0.4, 0.5) is 5.13 Å². The summed E-state index contributed by atoms with van der Waals surface area (Å²) in [6.45, 7) is 4.04. The van der Waals surface area contributed by atoms with Crippen molar-refractivity contribution in [1.29, 1.82) is 0 Å². The molecule has 0 aromatic carbocycles. The van der Waals surface area contributed by atoms with Gasteiger partial charge in [-0.3, -0.25) is 0 Å². The Hall–Kier alpha value is -1.17. The van der Waals surface area contributed by atoms with E-state index in [0.717, 1.165) is 18.7 Å². The minimum absolute atomic E-state index is 0.270. The van der Waals surface area contributed by atoms with Crippen molar-refractivity contribution in [1.82, 2.24) is 9.36 Å². The van der Waals surface area contributed by atoms with Crippen molar-refractivity contribution in [2.75, 3.05) is 5.32 Å². The van der Waals surface area contributed by atoms with Gasteiger partial charge in [0.05, 0.1) is 0 Å². The molecule has 0 saturated heterocycles. The molecule has 1 aliphatic carbocycles. The molecule has 0 unspecified atom stereocenters. The fraction of sp³-hybridized carbons (Fsp3) is 0.727. The van der Waals surface area contributed by atoms with Crippen LogP contribution in [0, 0.1) is 0 Å². The standard InChI is InChI=1S/C11H17N3O2S/c1-7(2)8-12-10(17-14-8)13-11(9(15)16)5-3-4-6-11/h7H,3-6H2,1-2H3,(H,15,16)(H,12,13,14). The van der Waals surface area contributed by atoms with E-state index in [1.807, 2.05) is 13.8 Å². The first-order valence-corrected chi connectivity index (χ1v) is 6.66. The zero-order valence-electron chi connectivity index (χ0n) is 10.1. The van der Waals surface area contributed by atoms with Crippen LogP contribution >= 0.6 is 11.5 Å². The number of hydrogen-bond acceptors (Lipinski definition) is 5. The first-order chi connectivity index (χ1) is 8.03. The SMILES string of the molecule is CC(C)c1nsc(NC2(C(=O)O)CCCC2)n1. The number of nitrogens with zero attached hydrogens (tertiary/aromatic N) is 2. The van der Waals surface area contributed by atoms with Gasteiger partial charge in [0.1, 0.15) is 11.4 Å². The predicted octanol–water partition coefficient (Wildman–Crippen LogP) is 2.47. The molecule has 0 spiro atoms. The largest absolute Gasteiger partial charge is 0.480 e. The zero-order chi connectivity index (χ0) is 12.5. The molecule has 1 saturated carbocycles. The predicted molar refractivity (Wildman–Crippen MR) is 66.5 cm³/mol. The maximum atomic E-state index is 11.4. The highest BCUT2D eigenvalue weighted by Crippen LogP contribution is 2.34. The molecule has 0 amide bonds. The summed E-state index contributed by atoms with van der Waals surface area (Å²) in [5.74, 6) is 0.262. The Labute approximate surface area is 104 Å². The number of aromatic nitrogens is 2. The second kappa shape index (κ2) is 4.60. The minimum Gasteiger partial charge on any atom is -0.480 e. The summed E-state index contributed by atoms with van der Waals surface area (Å²) in [6.07, 6.45) is 3.24. The van der Waals surface area contributed by atoms with Gasteiger partial charge in [0.25, 0.3) is 0 Å². The Bertz CT molecular complexity index is 411. The Morgan fingerprint density at radius 2 is 2.12 bits per heavy atom. The van der Waals surface area contributed by atoms with Gasteiger partial charge in [-0.15, -0.1) is 0 Å². The van der Waals surface area contributed by atoms with E-state index in [4.69, 9.17) is 0 Å². The van der Waals surface area contributed by atoms with Crippen LogP contribution in [0.3, 0.4) is 0 Å². The maximum Gasteiger partial charge on any atom is 0.329 e. The average Bonchev–Trinajstić information content (AvgIpc) is 2.88. The van der Waals surface area contributed by atoms with Crippen LogP contribution in [-0.2, 0) is 4.79 Å². The minimum atomic E-state index is -0.826. The number of carbonyl (C=O) groups is 1. The van der Waals surface area contributed by atoms with Crippen molar-refractivity contribution in [3.8, 4) is 0 Å². The molecular formula is C11H17N3O2S. The molecule has 2 N–H and O–H groups in total. The van der Waals surface area contributed by atoms with Crippen LogP contribution in [0.25, 0.3) is 0 Å². The van der Waals surface area contributed by atoms with E-state index >= 15 is 0 Å². The normalized spacial score (nSPS) is 18.5. The summed E-state index contributed by atoms with van der Waals surface area (Å²) in [6, 6.07) is 0. The van der Waals surface area contributed by atoms with E-state index in [9.17, 15) is 9.90 Å². The lowest BCUT2D eigenvalue weighted by Gasteiger charge is -2.24. The summed E-state index contributed by atoms with van der Waals surface area (Å²) in [4.78, 5) is 15.7. The van der Waals surface area contributed by atoms with Crippen LogP contribution < -0.4 is 5.32 Å². The van der Waals surface area contributed by atoms with E-state index in [2.05, 4.69) is 14.7 Å². The maximum absolute atomic E-state index is 11.4. The Morgan fingerprint density at radius 1 is 1.47 bits per heavy atom. The molecule has 0 bridgehead atoms. The lowest BCUT2D eigenvalue weighted by atomic mass is 9.98. The molecule has 0 radical (unpaired) electrons. The van der Waals surface area contributed by atoms with Crippen LogP contribution in [0.2, 0.25) is 0 Å². The monoisotopic (exact) mass is 255 g/mol. The van der Waals surface area contributed by atoms with Crippen molar-refractivity contribution < 1.29 is 9.90 Å². The third-order valence-corrected chi connectivity index (χ3v) is 3.82. The summed E-state index contributed by atoms with van der Waals surface area (Å²) in [5.41, 5.74) is -0.826. The number of carboxylic acid groups (broad SMARTS) is 1. The molecule has 0 aliphatic heterocycles. The molecule has 5 nitrogen and oxygen atoms in total. The highest BCUT2D eigenvalue weighted by Gasteiger charge is 2.42. The quantitative estimate of drug-likeness (QED) is 0.864. The second-order valence-electron chi connectivity index (χ2n) is 4.83. The second-order valence-corrected chi connectivity index (χ2v) is 5.58. The molecule has 1 heterocycles. The van der Waals surface area contributed by atoms with E-state index in [0.29, 0.717) is 18.0 Å². The summed E-state index contributed by atoms with van der Waals surface area (Å²) >= 11 is 1.25. The van der Waals surface area contributed by atoms with Crippen molar-refractivity contribution in [3.63, 3.8) is 0 Å². The number of carboxylic acids is 1. The molecule has 6 heteroatoms. The molecule has 1 aromatic heterocycles. The van der Waals surface area contributed by atoms with Crippen molar-refractivity contribution in [2.45, 2.75) is 51.0 Å². The fourth-order valence-corrected chi connectivity index (χ4v) is 2.90. The summed E-state index contributed by atoms with van der Waals surface area (Å²) < 4.78 is 4.22. The van der Waals surface area contributed by atoms with Gasteiger partial charge >= 0.3 is 5.97 Å². The van der Waals surface area contributed by atoms with Crippen molar-refractivity contribution >= 4 is 22.6 Å². The third kappa shape index (κ3) is 2.41. The topological polar surface area (TPSA) is 75.1 Å². The van der Waals surface area contributed by atoms with Crippen LogP contribution in [-0.4, -0.2) is 26.0 Å².